The Balaban J connectivity index is 1.54. The minimum Gasteiger partial charge on any atom is -0.482 e. The Labute approximate surface area is 152 Å². The molecule has 3 N–H and O–H groups in total. The average molecular weight is 353 g/mol. The summed E-state index contributed by atoms with van der Waals surface area (Å²) in [6, 6.07) is 15.1. The summed E-state index contributed by atoms with van der Waals surface area (Å²) in [5.41, 5.74) is 2.55. The molecule has 0 saturated carbocycles. The molecule has 6 nitrogen and oxygen atoms in total. The summed E-state index contributed by atoms with van der Waals surface area (Å²) in [4.78, 5) is 23.8. The second kappa shape index (κ2) is 7.91. The number of amides is 2. The first-order chi connectivity index (χ1) is 12.5. The van der Waals surface area contributed by atoms with E-state index in [1.54, 1.807) is 19.1 Å². The molecule has 136 valence electrons. The Kier molecular flexibility index (Phi) is 5.41. The summed E-state index contributed by atoms with van der Waals surface area (Å²) in [5, 5.41) is 8.88. The third kappa shape index (κ3) is 4.33. The number of carbonyl (C=O) groups is 2. The van der Waals surface area contributed by atoms with Crippen LogP contribution >= 0.6 is 0 Å². The summed E-state index contributed by atoms with van der Waals surface area (Å²) < 4.78 is 5.33. The standard InChI is InChI=1S/C20H23N3O3/c1-13(15-6-4-3-5-7-15)11-21-20(25)14(2)22-16-8-9-18-17(10-16)23-19(24)12-26-18/h3-10,13-14,22H,11-12H2,1-2H3,(H,21,25)(H,23,24)/t13-,14+/m0/s1. The molecule has 0 fully saturated rings. The van der Waals surface area contributed by atoms with Gasteiger partial charge in [-0.15, -0.1) is 0 Å². The number of benzene rings is 2. The number of rotatable bonds is 6. The molecule has 0 aliphatic carbocycles. The van der Waals surface area contributed by atoms with Crippen LogP contribution in [0.4, 0.5) is 11.4 Å². The van der Waals surface area contributed by atoms with Crippen molar-refractivity contribution < 1.29 is 14.3 Å². The fourth-order valence-electron chi connectivity index (χ4n) is 2.79. The molecule has 1 aliphatic heterocycles. The van der Waals surface area contributed by atoms with E-state index in [9.17, 15) is 9.59 Å². The first kappa shape index (κ1) is 17.8. The van der Waals surface area contributed by atoms with Gasteiger partial charge in [0.15, 0.2) is 6.61 Å². The molecule has 6 heteroatoms. The minimum atomic E-state index is -0.406. The van der Waals surface area contributed by atoms with Crippen LogP contribution in [0.15, 0.2) is 48.5 Å². The Bertz CT molecular complexity index is 792. The lowest BCUT2D eigenvalue weighted by molar-refractivity contribution is -0.121. The van der Waals surface area contributed by atoms with Gasteiger partial charge >= 0.3 is 0 Å². The summed E-state index contributed by atoms with van der Waals surface area (Å²) in [7, 11) is 0. The number of ether oxygens (including phenoxy) is 1. The minimum absolute atomic E-state index is 0.0260. The van der Waals surface area contributed by atoms with Crippen molar-refractivity contribution in [1.29, 1.82) is 0 Å². The molecule has 1 aliphatic rings. The van der Waals surface area contributed by atoms with E-state index in [1.807, 2.05) is 24.3 Å². The lowest BCUT2D eigenvalue weighted by Gasteiger charge is -2.21. The number of nitrogens with one attached hydrogen (secondary N) is 3. The van der Waals surface area contributed by atoms with Crippen LogP contribution in [0.1, 0.15) is 25.3 Å². The summed E-state index contributed by atoms with van der Waals surface area (Å²) in [6.45, 7) is 4.48. The van der Waals surface area contributed by atoms with Gasteiger partial charge in [0.25, 0.3) is 5.91 Å². The fourth-order valence-corrected chi connectivity index (χ4v) is 2.79. The lowest BCUT2D eigenvalue weighted by atomic mass is 10.0. The van der Waals surface area contributed by atoms with Gasteiger partial charge in [-0.25, -0.2) is 0 Å². The van der Waals surface area contributed by atoms with Crippen molar-refractivity contribution in [2.24, 2.45) is 0 Å². The number of carbonyl (C=O) groups excluding carboxylic acids is 2. The van der Waals surface area contributed by atoms with E-state index >= 15 is 0 Å². The van der Waals surface area contributed by atoms with E-state index < -0.39 is 6.04 Å². The zero-order chi connectivity index (χ0) is 18.5. The highest BCUT2D eigenvalue weighted by atomic mass is 16.5. The lowest BCUT2D eigenvalue weighted by Crippen LogP contribution is -2.39. The molecule has 0 aromatic heterocycles. The average Bonchev–Trinajstić information content (AvgIpc) is 2.66. The van der Waals surface area contributed by atoms with E-state index in [1.165, 1.54) is 5.56 Å². The van der Waals surface area contributed by atoms with E-state index in [0.29, 0.717) is 18.0 Å². The third-order valence-corrected chi connectivity index (χ3v) is 4.34. The van der Waals surface area contributed by atoms with Crippen molar-refractivity contribution in [2.45, 2.75) is 25.8 Å². The van der Waals surface area contributed by atoms with Gasteiger partial charge in [0.1, 0.15) is 11.8 Å². The molecule has 26 heavy (non-hydrogen) atoms. The van der Waals surface area contributed by atoms with Crippen LogP contribution < -0.4 is 20.7 Å². The van der Waals surface area contributed by atoms with Crippen LogP contribution in [0.5, 0.6) is 5.75 Å². The van der Waals surface area contributed by atoms with Crippen LogP contribution in [0, 0.1) is 0 Å². The van der Waals surface area contributed by atoms with Gasteiger partial charge in [0, 0.05) is 12.2 Å². The Morgan fingerprint density at radius 2 is 1.96 bits per heavy atom. The summed E-state index contributed by atoms with van der Waals surface area (Å²) in [5.74, 6) is 0.605. The number of hydrogen-bond acceptors (Lipinski definition) is 4. The second-order valence-corrected chi connectivity index (χ2v) is 6.47. The smallest absolute Gasteiger partial charge is 0.262 e. The maximum atomic E-state index is 12.4. The molecule has 2 aromatic rings. The maximum Gasteiger partial charge on any atom is 0.262 e. The van der Waals surface area contributed by atoms with Crippen LogP contribution in [0.3, 0.4) is 0 Å². The normalized spacial score (nSPS) is 15.1. The monoisotopic (exact) mass is 353 g/mol. The molecule has 2 aromatic carbocycles. The topological polar surface area (TPSA) is 79.5 Å². The molecular formula is C20H23N3O3. The third-order valence-electron chi connectivity index (χ3n) is 4.34. The predicted octanol–water partition coefficient (Wildman–Crippen LogP) is 2.74. The number of fused-ring (bicyclic) bond motifs is 1. The molecule has 0 saturated heterocycles. The molecule has 2 amide bonds. The quantitative estimate of drug-likeness (QED) is 0.746. The summed E-state index contributed by atoms with van der Waals surface area (Å²) >= 11 is 0. The fraction of sp³-hybridized carbons (Fsp3) is 0.300. The zero-order valence-electron chi connectivity index (χ0n) is 14.9. The first-order valence-electron chi connectivity index (χ1n) is 8.69. The molecular weight excluding hydrogens is 330 g/mol. The van der Waals surface area contributed by atoms with Crippen LogP contribution in [0.25, 0.3) is 0 Å². The van der Waals surface area contributed by atoms with Crippen LogP contribution in [0.2, 0.25) is 0 Å². The van der Waals surface area contributed by atoms with Gasteiger partial charge in [-0.3, -0.25) is 9.59 Å². The highest BCUT2D eigenvalue weighted by Gasteiger charge is 2.18. The molecule has 0 radical (unpaired) electrons. The van der Waals surface area contributed by atoms with E-state index in [4.69, 9.17) is 4.74 Å². The Morgan fingerprint density at radius 1 is 1.19 bits per heavy atom. The van der Waals surface area contributed by atoms with Crippen molar-refractivity contribution in [2.75, 3.05) is 23.8 Å². The molecule has 0 bridgehead atoms. The van der Waals surface area contributed by atoms with Crippen molar-refractivity contribution in [3.05, 3.63) is 54.1 Å². The van der Waals surface area contributed by atoms with Crippen molar-refractivity contribution in [3.63, 3.8) is 0 Å². The highest BCUT2D eigenvalue weighted by Crippen LogP contribution is 2.30. The van der Waals surface area contributed by atoms with Gasteiger partial charge in [-0.2, -0.15) is 0 Å². The van der Waals surface area contributed by atoms with Crippen LogP contribution in [-0.2, 0) is 9.59 Å². The Hall–Kier alpha value is -3.02. The number of hydrogen-bond donors (Lipinski definition) is 3. The highest BCUT2D eigenvalue weighted by molar-refractivity contribution is 5.96. The van der Waals surface area contributed by atoms with Gasteiger partial charge in [0.05, 0.1) is 5.69 Å². The molecule has 1 heterocycles. The van der Waals surface area contributed by atoms with E-state index in [2.05, 4.69) is 35.0 Å². The molecule has 2 atom stereocenters. The van der Waals surface area contributed by atoms with Gasteiger partial charge < -0.3 is 20.7 Å². The second-order valence-electron chi connectivity index (χ2n) is 6.47. The number of anilines is 2. The van der Waals surface area contributed by atoms with E-state index in [0.717, 1.165) is 5.69 Å². The van der Waals surface area contributed by atoms with Gasteiger partial charge in [-0.05, 0) is 36.6 Å². The molecule has 3 rings (SSSR count). The van der Waals surface area contributed by atoms with Crippen molar-refractivity contribution in [1.82, 2.24) is 5.32 Å². The first-order valence-corrected chi connectivity index (χ1v) is 8.69. The zero-order valence-corrected chi connectivity index (χ0v) is 14.9. The Morgan fingerprint density at radius 3 is 2.73 bits per heavy atom. The summed E-state index contributed by atoms with van der Waals surface area (Å²) in [6.07, 6.45) is 0. The van der Waals surface area contributed by atoms with Crippen molar-refractivity contribution in [3.8, 4) is 5.75 Å². The van der Waals surface area contributed by atoms with Crippen LogP contribution in [-0.4, -0.2) is 31.0 Å². The van der Waals surface area contributed by atoms with Gasteiger partial charge in [-0.1, -0.05) is 37.3 Å². The molecule has 0 unspecified atom stereocenters. The van der Waals surface area contributed by atoms with E-state index in [-0.39, 0.29) is 24.3 Å². The molecule has 0 spiro atoms. The largest absolute Gasteiger partial charge is 0.482 e. The SMILES string of the molecule is C[C@@H](Nc1ccc2c(c1)NC(=O)CO2)C(=O)NC[C@H](C)c1ccccc1. The van der Waals surface area contributed by atoms with Crippen molar-refractivity contribution >= 4 is 23.2 Å². The predicted molar refractivity (Wildman–Crippen MR) is 102 cm³/mol. The van der Waals surface area contributed by atoms with Gasteiger partial charge in [0.2, 0.25) is 5.91 Å². The maximum absolute atomic E-state index is 12.4.